The maximum atomic E-state index is 5.52. The van der Waals surface area contributed by atoms with E-state index in [1.165, 1.54) is 0 Å². The SMILES string of the molecule is Cc1[nH]c(N)nc1-c1ccccn1. The van der Waals surface area contributed by atoms with Gasteiger partial charge in [0.05, 0.1) is 5.69 Å². The van der Waals surface area contributed by atoms with Gasteiger partial charge in [-0.3, -0.25) is 4.98 Å². The lowest BCUT2D eigenvalue weighted by Crippen LogP contribution is -1.86. The molecule has 2 rings (SSSR count). The van der Waals surface area contributed by atoms with E-state index in [1.54, 1.807) is 6.20 Å². The molecule has 0 bridgehead atoms. The minimum absolute atomic E-state index is 0.429. The van der Waals surface area contributed by atoms with Gasteiger partial charge in [0.15, 0.2) is 5.95 Å². The molecule has 0 atom stereocenters. The van der Waals surface area contributed by atoms with Gasteiger partial charge in [-0.15, -0.1) is 0 Å². The summed E-state index contributed by atoms with van der Waals surface area (Å²) in [5.41, 5.74) is 8.12. The van der Waals surface area contributed by atoms with Crippen LogP contribution in [0.3, 0.4) is 0 Å². The van der Waals surface area contributed by atoms with E-state index in [9.17, 15) is 0 Å². The zero-order chi connectivity index (χ0) is 9.26. The van der Waals surface area contributed by atoms with Gasteiger partial charge in [-0.25, -0.2) is 4.98 Å². The van der Waals surface area contributed by atoms with Crippen LogP contribution in [0.4, 0.5) is 5.95 Å². The number of nitrogens with zero attached hydrogens (tertiary/aromatic N) is 2. The molecule has 2 aromatic rings. The van der Waals surface area contributed by atoms with E-state index in [0.717, 1.165) is 17.1 Å². The van der Waals surface area contributed by atoms with Crippen LogP contribution in [-0.2, 0) is 0 Å². The predicted molar refractivity (Wildman–Crippen MR) is 51.0 cm³/mol. The molecule has 0 aliphatic carbocycles. The highest BCUT2D eigenvalue weighted by Gasteiger charge is 2.06. The first-order valence-corrected chi connectivity index (χ1v) is 4.01. The van der Waals surface area contributed by atoms with E-state index < -0.39 is 0 Å². The van der Waals surface area contributed by atoms with Crippen molar-refractivity contribution in [1.82, 2.24) is 15.0 Å². The zero-order valence-electron chi connectivity index (χ0n) is 7.28. The van der Waals surface area contributed by atoms with Gasteiger partial charge in [-0.2, -0.15) is 0 Å². The number of hydrogen-bond acceptors (Lipinski definition) is 3. The van der Waals surface area contributed by atoms with Crippen LogP contribution in [0, 0.1) is 6.92 Å². The van der Waals surface area contributed by atoms with Crippen molar-refractivity contribution in [2.75, 3.05) is 5.73 Å². The third-order valence-corrected chi connectivity index (χ3v) is 1.81. The number of aryl methyl sites for hydroxylation is 1. The highest BCUT2D eigenvalue weighted by molar-refractivity contribution is 5.58. The lowest BCUT2D eigenvalue weighted by Gasteiger charge is -1.94. The molecule has 0 aromatic carbocycles. The molecule has 0 saturated carbocycles. The van der Waals surface area contributed by atoms with Crippen LogP contribution in [0.5, 0.6) is 0 Å². The van der Waals surface area contributed by atoms with Crippen molar-refractivity contribution in [3.63, 3.8) is 0 Å². The monoisotopic (exact) mass is 174 g/mol. The van der Waals surface area contributed by atoms with Gasteiger partial charge in [-0.1, -0.05) is 6.07 Å². The molecule has 3 N–H and O–H groups in total. The predicted octanol–water partition coefficient (Wildman–Crippen LogP) is 1.36. The van der Waals surface area contributed by atoms with Crippen LogP contribution in [0.2, 0.25) is 0 Å². The van der Waals surface area contributed by atoms with Crippen molar-refractivity contribution in [2.24, 2.45) is 0 Å². The fourth-order valence-electron chi connectivity index (χ4n) is 1.24. The molecule has 2 heterocycles. The zero-order valence-corrected chi connectivity index (χ0v) is 7.28. The third-order valence-electron chi connectivity index (χ3n) is 1.81. The molecule has 0 aliphatic rings. The molecule has 0 saturated heterocycles. The average Bonchev–Trinajstić information content (AvgIpc) is 2.47. The van der Waals surface area contributed by atoms with Gasteiger partial charge in [-0.05, 0) is 19.1 Å². The maximum Gasteiger partial charge on any atom is 0.198 e. The van der Waals surface area contributed by atoms with E-state index in [4.69, 9.17) is 5.73 Å². The summed E-state index contributed by atoms with van der Waals surface area (Å²) in [6, 6.07) is 5.70. The molecular formula is C9H10N4. The number of anilines is 1. The molecule has 0 fully saturated rings. The number of nitrogens with two attached hydrogens (primary N) is 1. The Labute approximate surface area is 75.8 Å². The van der Waals surface area contributed by atoms with Gasteiger partial charge in [0.2, 0.25) is 0 Å². The Hall–Kier alpha value is -1.84. The third kappa shape index (κ3) is 1.38. The van der Waals surface area contributed by atoms with E-state index in [1.807, 2.05) is 25.1 Å². The van der Waals surface area contributed by atoms with Crippen molar-refractivity contribution in [3.8, 4) is 11.4 Å². The first-order chi connectivity index (χ1) is 6.27. The van der Waals surface area contributed by atoms with Crippen molar-refractivity contribution in [1.29, 1.82) is 0 Å². The van der Waals surface area contributed by atoms with Crippen LogP contribution >= 0.6 is 0 Å². The highest BCUT2D eigenvalue weighted by atomic mass is 15.0. The van der Waals surface area contributed by atoms with Crippen molar-refractivity contribution >= 4 is 5.95 Å². The smallest absolute Gasteiger partial charge is 0.198 e. The Balaban J connectivity index is 2.53. The molecular weight excluding hydrogens is 164 g/mol. The summed E-state index contributed by atoms with van der Waals surface area (Å²) in [6.07, 6.45) is 1.74. The number of imidazole rings is 1. The van der Waals surface area contributed by atoms with Crippen LogP contribution in [-0.4, -0.2) is 15.0 Å². The molecule has 4 heteroatoms. The molecule has 4 nitrogen and oxygen atoms in total. The Kier molecular flexibility index (Phi) is 1.73. The van der Waals surface area contributed by atoms with Crippen molar-refractivity contribution < 1.29 is 0 Å². The number of H-pyrrole nitrogens is 1. The fourth-order valence-corrected chi connectivity index (χ4v) is 1.24. The lowest BCUT2D eigenvalue weighted by molar-refractivity contribution is 1.25. The van der Waals surface area contributed by atoms with Crippen LogP contribution in [0.15, 0.2) is 24.4 Å². The van der Waals surface area contributed by atoms with Gasteiger partial charge in [0.25, 0.3) is 0 Å². The Morgan fingerprint density at radius 2 is 2.23 bits per heavy atom. The van der Waals surface area contributed by atoms with E-state index >= 15 is 0 Å². The molecule has 0 spiro atoms. The van der Waals surface area contributed by atoms with Gasteiger partial charge in [0, 0.05) is 11.9 Å². The number of hydrogen-bond donors (Lipinski definition) is 2. The number of nitrogen functional groups attached to an aromatic ring is 1. The highest BCUT2D eigenvalue weighted by Crippen LogP contribution is 2.18. The molecule has 0 radical (unpaired) electrons. The molecule has 0 aliphatic heterocycles. The molecule has 2 aromatic heterocycles. The summed E-state index contributed by atoms with van der Waals surface area (Å²) >= 11 is 0. The number of pyridine rings is 1. The van der Waals surface area contributed by atoms with Gasteiger partial charge in [0.1, 0.15) is 5.69 Å². The molecule has 66 valence electrons. The van der Waals surface area contributed by atoms with E-state index in [0.29, 0.717) is 5.95 Å². The van der Waals surface area contributed by atoms with Gasteiger partial charge >= 0.3 is 0 Å². The Morgan fingerprint density at radius 3 is 2.77 bits per heavy atom. The summed E-state index contributed by atoms with van der Waals surface area (Å²) in [5.74, 6) is 0.429. The van der Waals surface area contributed by atoms with Crippen LogP contribution in [0.1, 0.15) is 5.69 Å². The largest absolute Gasteiger partial charge is 0.369 e. The second-order valence-corrected chi connectivity index (χ2v) is 2.81. The summed E-state index contributed by atoms with van der Waals surface area (Å²) in [4.78, 5) is 11.3. The minimum Gasteiger partial charge on any atom is -0.369 e. The number of aromatic nitrogens is 3. The normalized spacial score (nSPS) is 10.2. The fraction of sp³-hybridized carbons (Fsp3) is 0.111. The van der Waals surface area contributed by atoms with E-state index in [2.05, 4.69) is 15.0 Å². The Morgan fingerprint density at radius 1 is 1.38 bits per heavy atom. The number of rotatable bonds is 1. The maximum absolute atomic E-state index is 5.52. The second kappa shape index (κ2) is 2.90. The Bertz CT molecular complexity index is 405. The standard InChI is InChI=1S/C9H10N4/c1-6-8(13-9(10)12-6)7-4-2-3-5-11-7/h2-5H,1H3,(H3,10,12,13). The average molecular weight is 174 g/mol. The number of aromatic amines is 1. The molecule has 13 heavy (non-hydrogen) atoms. The topological polar surface area (TPSA) is 67.6 Å². The minimum atomic E-state index is 0.429. The quantitative estimate of drug-likeness (QED) is 0.686. The number of nitrogens with one attached hydrogen (secondary N) is 1. The molecule has 0 amide bonds. The summed E-state index contributed by atoms with van der Waals surface area (Å²) in [7, 11) is 0. The first kappa shape index (κ1) is 7.79. The summed E-state index contributed by atoms with van der Waals surface area (Å²) in [5, 5.41) is 0. The summed E-state index contributed by atoms with van der Waals surface area (Å²) < 4.78 is 0. The van der Waals surface area contributed by atoms with Crippen LogP contribution in [0.25, 0.3) is 11.4 Å². The van der Waals surface area contributed by atoms with Gasteiger partial charge < -0.3 is 10.7 Å². The molecule has 0 unspecified atom stereocenters. The lowest BCUT2D eigenvalue weighted by atomic mass is 10.2. The van der Waals surface area contributed by atoms with Crippen molar-refractivity contribution in [2.45, 2.75) is 6.92 Å². The van der Waals surface area contributed by atoms with E-state index in [-0.39, 0.29) is 0 Å². The van der Waals surface area contributed by atoms with Crippen molar-refractivity contribution in [3.05, 3.63) is 30.1 Å². The first-order valence-electron chi connectivity index (χ1n) is 4.01. The van der Waals surface area contributed by atoms with Crippen LogP contribution < -0.4 is 5.73 Å². The summed E-state index contributed by atoms with van der Waals surface area (Å²) in [6.45, 7) is 1.92. The second-order valence-electron chi connectivity index (χ2n) is 2.81.